The number of rotatable bonds is 4. The van der Waals surface area contributed by atoms with E-state index in [1.807, 2.05) is 0 Å². The maximum absolute atomic E-state index is 7.67. The number of allylic oxidation sites excluding steroid dienone is 4. The molecule has 0 aromatic heterocycles. The molecule has 2 aliphatic carbocycles. The van der Waals surface area contributed by atoms with Crippen LogP contribution in [0.3, 0.4) is 0 Å². The summed E-state index contributed by atoms with van der Waals surface area (Å²) >= 11 is 0. The third-order valence-corrected chi connectivity index (χ3v) is 3.04. The van der Waals surface area contributed by atoms with Crippen LogP contribution in [0, 0.1) is 16.2 Å². The van der Waals surface area contributed by atoms with E-state index in [0.29, 0.717) is 11.4 Å². The van der Waals surface area contributed by atoms with Crippen molar-refractivity contribution in [3.63, 3.8) is 0 Å². The van der Waals surface area contributed by atoms with Crippen molar-refractivity contribution in [1.29, 1.82) is 16.2 Å². The van der Waals surface area contributed by atoms with Crippen LogP contribution >= 0.6 is 0 Å². The normalized spacial score (nSPS) is 20.6. The molecule has 0 amide bonds. The van der Waals surface area contributed by atoms with Crippen molar-refractivity contribution in [3.05, 3.63) is 48.6 Å². The quantitative estimate of drug-likeness (QED) is 0.160. The number of nitrogens with one attached hydrogen (secondary N) is 5. The van der Waals surface area contributed by atoms with E-state index < -0.39 is 0 Å². The predicted molar refractivity (Wildman–Crippen MR) is 107 cm³/mol. The fourth-order valence-electron chi connectivity index (χ4n) is 1.84. The molecule has 2 aliphatic rings. The van der Waals surface area contributed by atoms with Gasteiger partial charge in [-0.25, -0.2) is 10.9 Å². The van der Waals surface area contributed by atoms with Crippen LogP contribution in [0.15, 0.2) is 79.3 Å². The van der Waals surface area contributed by atoms with Gasteiger partial charge in [-0.15, -0.1) is 10.2 Å². The molecule has 0 heterocycles. The first-order chi connectivity index (χ1) is 13.4. The predicted octanol–water partition coefficient (Wildman–Crippen LogP) is 0.493. The summed E-state index contributed by atoms with van der Waals surface area (Å²) in [5.41, 5.74) is 16.1. The molecule has 2 rings (SSSR count). The second-order valence-electron chi connectivity index (χ2n) is 5.30. The zero-order chi connectivity index (χ0) is 20.4. The summed E-state index contributed by atoms with van der Waals surface area (Å²) in [4.78, 5) is 0. The van der Waals surface area contributed by atoms with Gasteiger partial charge >= 0.3 is 0 Å². The van der Waals surface area contributed by atoms with Gasteiger partial charge in [0, 0.05) is 0 Å². The minimum Gasteiger partial charge on any atom is -0.369 e. The second-order valence-corrected chi connectivity index (χ2v) is 5.30. The third kappa shape index (κ3) is 7.30. The monoisotopic (exact) mass is 381 g/mol. The first-order valence-corrected chi connectivity index (χ1v) is 7.91. The number of nitrogens with two attached hydrogens (primary N) is 2. The van der Waals surface area contributed by atoms with Gasteiger partial charge in [-0.2, -0.15) is 20.4 Å². The molecule has 0 unspecified atom stereocenters. The molecule has 28 heavy (non-hydrogen) atoms. The molecule has 0 atom stereocenters. The van der Waals surface area contributed by atoms with Crippen LogP contribution in [0.1, 0.15) is 0 Å². The summed E-state index contributed by atoms with van der Waals surface area (Å²) in [6.45, 7) is 0. The summed E-state index contributed by atoms with van der Waals surface area (Å²) in [6, 6.07) is -0.706. The van der Waals surface area contributed by atoms with E-state index in [1.54, 1.807) is 48.6 Å². The average molecular weight is 381 g/mol. The smallest absolute Gasteiger partial charge is 0.279 e. The lowest BCUT2D eigenvalue weighted by atomic mass is 10.1. The molecule has 0 bridgehead atoms. The maximum Gasteiger partial charge on any atom is 0.279 e. The Labute approximate surface area is 160 Å². The molecule has 13 heteroatoms. The number of hydrogen-bond donors (Lipinski definition) is 7. The highest BCUT2D eigenvalue weighted by Gasteiger charge is 2.06. The van der Waals surface area contributed by atoms with Gasteiger partial charge in [-0.1, -0.05) is 24.3 Å². The summed E-state index contributed by atoms with van der Waals surface area (Å²) < 4.78 is 0. The molecule has 0 saturated heterocycles. The van der Waals surface area contributed by atoms with E-state index in [4.69, 9.17) is 27.7 Å². The molecule has 9 N–H and O–H groups in total. The van der Waals surface area contributed by atoms with E-state index in [-0.39, 0.29) is 30.0 Å². The molecule has 0 spiro atoms. The number of guanidine groups is 3. The van der Waals surface area contributed by atoms with Gasteiger partial charge in [-0.3, -0.25) is 16.2 Å². The van der Waals surface area contributed by atoms with E-state index in [2.05, 4.69) is 41.5 Å². The largest absolute Gasteiger partial charge is 0.369 e. The molecule has 0 fully saturated rings. The third-order valence-electron chi connectivity index (χ3n) is 3.04. The van der Waals surface area contributed by atoms with Gasteiger partial charge in [0.25, 0.3) is 5.96 Å². The summed E-state index contributed by atoms with van der Waals surface area (Å²) in [7, 11) is 0. The number of nitrogens with zero attached hydrogens (tertiary/aromatic N) is 6. The van der Waals surface area contributed by atoms with Gasteiger partial charge in [0.2, 0.25) is 11.9 Å². The Morgan fingerprint density at radius 3 is 1.39 bits per heavy atom. The number of hydrogen-bond acceptors (Lipinski definition) is 7. The molecular formula is C15H19N13. The van der Waals surface area contributed by atoms with Crippen molar-refractivity contribution >= 4 is 29.3 Å². The fourth-order valence-corrected chi connectivity index (χ4v) is 1.84. The van der Waals surface area contributed by atoms with E-state index in [9.17, 15) is 0 Å². The van der Waals surface area contributed by atoms with Crippen LogP contribution in [0.5, 0.6) is 0 Å². The van der Waals surface area contributed by atoms with Crippen LogP contribution in [0.4, 0.5) is 0 Å². The van der Waals surface area contributed by atoms with Crippen LogP contribution in [0.2, 0.25) is 0 Å². The number of hydrazone groups is 2. The number of azo groups is 2. The van der Waals surface area contributed by atoms with Crippen LogP contribution in [-0.2, 0) is 0 Å². The van der Waals surface area contributed by atoms with E-state index in [0.717, 1.165) is 0 Å². The van der Waals surface area contributed by atoms with Crippen molar-refractivity contribution in [1.82, 2.24) is 10.9 Å². The highest BCUT2D eigenvalue weighted by Crippen LogP contribution is 2.07. The lowest BCUT2D eigenvalue weighted by Gasteiger charge is -2.06. The Bertz CT molecular complexity index is 766. The van der Waals surface area contributed by atoms with E-state index >= 15 is 0 Å². The summed E-state index contributed by atoms with van der Waals surface area (Å²) in [5.74, 6) is -0.846. The standard InChI is InChI=1S/C15H19N13/c16-13(17)25-21-9-1-5-11(6-2-9)23-27-15(20)28-24-12-7-3-10(4-8-12)22-26-14(18)19/h1-8,11-12,20H,(H4,16,17,25)(H4,18,19,26). The molecule has 0 aliphatic heterocycles. The van der Waals surface area contributed by atoms with Crippen LogP contribution in [0.25, 0.3) is 0 Å². The van der Waals surface area contributed by atoms with Crippen molar-refractivity contribution in [2.45, 2.75) is 12.1 Å². The maximum atomic E-state index is 7.67. The summed E-state index contributed by atoms with van der Waals surface area (Å²) in [5, 5.41) is 44.8. The molecule has 144 valence electrons. The Balaban J connectivity index is 1.82. The minimum atomic E-state index is -0.353. The fraction of sp³-hybridized carbons (Fsp3) is 0.133. The lowest BCUT2D eigenvalue weighted by Crippen LogP contribution is -2.26. The molecule has 0 aromatic rings. The van der Waals surface area contributed by atoms with Crippen LogP contribution in [-0.4, -0.2) is 41.4 Å². The zero-order valence-electron chi connectivity index (χ0n) is 14.6. The average Bonchev–Trinajstić information content (AvgIpc) is 2.69. The minimum absolute atomic E-state index is 0.256. The molecular weight excluding hydrogens is 362 g/mol. The van der Waals surface area contributed by atoms with Crippen LogP contribution < -0.4 is 22.3 Å². The van der Waals surface area contributed by atoms with Gasteiger partial charge in [0.1, 0.15) is 12.1 Å². The SMILES string of the molecule is N=C(N=NC1C=CC(=NNC(=N)N)C=C1)N=NC1C=CC(=NNC(=N)N)C=C1. The highest BCUT2D eigenvalue weighted by molar-refractivity contribution is 6.05. The Kier molecular flexibility index (Phi) is 7.16. The molecule has 13 nitrogen and oxygen atoms in total. The van der Waals surface area contributed by atoms with Crippen molar-refractivity contribution in [3.8, 4) is 0 Å². The molecule has 0 radical (unpaired) electrons. The molecule has 0 aromatic carbocycles. The highest BCUT2D eigenvalue weighted by atomic mass is 15.3. The summed E-state index contributed by atoms with van der Waals surface area (Å²) in [6.07, 6.45) is 13.6. The first-order valence-electron chi connectivity index (χ1n) is 7.91. The van der Waals surface area contributed by atoms with Crippen molar-refractivity contribution < 1.29 is 0 Å². The van der Waals surface area contributed by atoms with Gasteiger partial charge in [-0.05, 0) is 24.3 Å². The van der Waals surface area contributed by atoms with Crippen molar-refractivity contribution in [2.24, 2.45) is 42.1 Å². The Morgan fingerprint density at radius 1 is 0.714 bits per heavy atom. The topological polar surface area (TPSA) is 222 Å². The second kappa shape index (κ2) is 10.0. The van der Waals surface area contributed by atoms with Crippen molar-refractivity contribution in [2.75, 3.05) is 0 Å². The van der Waals surface area contributed by atoms with Gasteiger partial charge < -0.3 is 11.5 Å². The lowest BCUT2D eigenvalue weighted by molar-refractivity contribution is 0.898. The Hall–Kier alpha value is -4.29. The molecule has 0 saturated carbocycles. The Morgan fingerprint density at radius 2 is 1.07 bits per heavy atom. The van der Waals surface area contributed by atoms with Gasteiger partial charge in [0.05, 0.1) is 11.4 Å². The van der Waals surface area contributed by atoms with E-state index in [1.165, 1.54) is 0 Å². The van der Waals surface area contributed by atoms with Gasteiger partial charge in [0.15, 0.2) is 0 Å². The zero-order valence-corrected chi connectivity index (χ0v) is 14.6. The first kappa shape index (κ1) is 20.0.